The van der Waals surface area contributed by atoms with Crippen LogP contribution in [0.15, 0.2) is 16.7 Å². The van der Waals surface area contributed by atoms with Gasteiger partial charge >= 0.3 is 11.9 Å². The van der Waals surface area contributed by atoms with Gasteiger partial charge in [-0.15, -0.1) is 0 Å². The van der Waals surface area contributed by atoms with Gasteiger partial charge in [0.25, 0.3) is 0 Å². The highest BCUT2D eigenvalue weighted by molar-refractivity contribution is 5.89. The molecular weight excluding hydrogens is 166 g/mol. The van der Waals surface area contributed by atoms with E-state index in [9.17, 15) is 14.9 Å². The SMILES string of the molecule is COC(=O)c1coc([N+](=O)[O-])c1. The van der Waals surface area contributed by atoms with E-state index >= 15 is 0 Å². The lowest BCUT2D eigenvalue weighted by atomic mass is 10.3. The lowest BCUT2D eigenvalue weighted by Crippen LogP contribution is -1.98. The number of nitro groups is 1. The van der Waals surface area contributed by atoms with Gasteiger partial charge in [-0.05, 0) is 0 Å². The summed E-state index contributed by atoms with van der Waals surface area (Å²) in [5.41, 5.74) is 0.0317. The summed E-state index contributed by atoms with van der Waals surface area (Å²) in [6.07, 6.45) is 0.976. The van der Waals surface area contributed by atoms with E-state index in [0.717, 1.165) is 12.3 Å². The van der Waals surface area contributed by atoms with Gasteiger partial charge in [0, 0.05) is 0 Å². The quantitative estimate of drug-likeness (QED) is 0.376. The van der Waals surface area contributed by atoms with E-state index in [1.165, 1.54) is 7.11 Å². The molecule has 0 fully saturated rings. The van der Waals surface area contributed by atoms with Gasteiger partial charge in [0.05, 0.1) is 13.2 Å². The molecule has 1 rings (SSSR count). The number of carbonyl (C=O) groups is 1. The number of carbonyl (C=O) groups excluding carboxylic acids is 1. The molecule has 0 aliphatic heterocycles. The lowest BCUT2D eigenvalue weighted by Gasteiger charge is -1.89. The zero-order chi connectivity index (χ0) is 9.14. The van der Waals surface area contributed by atoms with Crippen LogP contribution in [0.2, 0.25) is 0 Å². The van der Waals surface area contributed by atoms with E-state index in [-0.39, 0.29) is 5.56 Å². The standard InChI is InChI=1S/C6H5NO5/c1-11-6(8)4-2-5(7(9)10)12-3-4/h2-3H,1H3. The van der Waals surface area contributed by atoms with Crippen LogP contribution in [0.4, 0.5) is 5.88 Å². The highest BCUT2D eigenvalue weighted by Gasteiger charge is 2.16. The molecule has 0 aromatic carbocycles. The van der Waals surface area contributed by atoms with Crippen LogP contribution < -0.4 is 0 Å². The van der Waals surface area contributed by atoms with Gasteiger partial charge in [-0.2, -0.15) is 0 Å². The molecule has 12 heavy (non-hydrogen) atoms. The fraction of sp³-hybridized carbons (Fsp3) is 0.167. The predicted octanol–water partition coefficient (Wildman–Crippen LogP) is 0.974. The molecule has 0 unspecified atom stereocenters. The maximum atomic E-state index is 10.7. The molecule has 6 heteroatoms. The first-order chi connectivity index (χ1) is 5.65. The third-order valence-corrected chi connectivity index (χ3v) is 1.19. The largest absolute Gasteiger partial charge is 0.465 e. The Bertz CT molecular complexity index is 315. The molecule has 0 amide bonds. The van der Waals surface area contributed by atoms with Crippen LogP contribution in [-0.4, -0.2) is 18.0 Å². The van der Waals surface area contributed by atoms with Crippen LogP contribution in [0, 0.1) is 10.1 Å². The van der Waals surface area contributed by atoms with Crippen molar-refractivity contribution in [3.8, 4) is 0 Å². The molecule has 0 aliphatic rings. The van der Waals surface area contributed by atoms with Crippen molar-refractivity contribution >= 4 is 11.9 Å². The van der Waals surface area contributed by atoms with Crippen molar-refractivity contribution in [1.82, 2.24) is 0 Å². The maximum absolute atomic E-state index is 10.7. The van der Waals surface area contributed by atoms with Gasteiger partial charge in [0.15, 0.2) is 0 Å². The minimum atomic E-state index is -0.730. The predicted molar refractivity (Wildman–Crippen MR) is 36.7 cm³/mol. The number of rotatable bonds is 2. The molecule has 6 nitrogen and oxygen atoms in total. The van der Waals surface area contributed by atoms with Crippen molar-refractivity contribution in [3.05, 3.63) is 28.0 Å². The van der Waals surface area contributed by atoms with Gasteiger partial charge in [-0.25, -0.2) is 4.79 Å². The van der Waals surface area contributed by atoms with Crippen LogP contribution in [0.25, 0.3) is 0 Å². The van der Waals surface area contributed by atoms with Gasteiger partial charge in [-0.3, -0.25) is 10.1 Å². The van der Waals surface area contributed by atoms with Gasteiger partial charge in [0.2, 0.25) is 0 Å². The van der Waals surface area contributed by atoms with Crippen molar-refractivity contribution in [2.45, 2.75) is 0 Å². The molecular formula is C6H5NO5. The minimum Gasteiger partial charge on any atom is -0.465 e. The second-order valence-electron chi connectivity index (χ2n) is 1.92. The van der Waals surface area contributed by atoms with E-state index in [2.05, 4.69) is 9.15 Å². The Hall–Kier alpha value is -1.85. The molecule has 0 atom stereocenters. The smallest absolute Gasteiger partial charge is 0.433 e. The van der Waals surface area contributed by atoms with E-state index < -0.39 is 16.8 Å². The summed E-state index contributed by atoms with van der Waals surface area (Å²) in [5.74, 6) is -1.14. The van der Waals surface area contributed by atoms with Gasteiger partial charge < -0.3 is 9.15 Å². The Balaban J connectivity index is 2.91. The first-order valence-electron chi connectivity index (χ1n) is 2.96. The van der Waals surface area contributed by atoms with Crippen molar-refractivity contribution in [2.24, 2.45) is 0 Å². The van der Waals surface area contributed by atoms with Crippen LogP contribution in [0.5, 0.6) is 0 Å². The Morgan fingerprint density at radius 3 is 2.83 bits per heavy atom. The number of hydrogen-bond acceptors (Lipinski definition) is 5. The Morgan fingerprint density at radius 1 is 1.75 bits per heavy atom. The second-order valence-corrected chi connectivity index (χ2v) is 1.92. The maximum Gasteiger partial charge on any atom is 0.433 e. The van der Waals surface area contributed by atoms with Crippen LogP contribution in [-0.2, 0) is 4.74 Å². The normalized spacial score (nSPS) is 9.42. The summed E-state index contributed by atoms with van der Waals surface area (Å²) in [5, 5.41) is 10.1. The zero-order valence-corrected chi connectivity index (χ0v) is 6.14. The van der Waals surface area contributed by atoms with Gasteiger partial charge in [-0.1, -0.05) is 0 Å². The van der Waals surface area contributed by atoms with E-state index in [4.69, 9.17) is 0 Å². The average molecular weight is 171 g/mol. The molecule has 0 spiro atoms. The van der Waals surface area contributed by atoms with E-state index in [1.54, 1.807) is 0 Å². The number of furan rings is 1. The highest BCUT2D eigenvalue weighted by atomic mass is 16.6. The summed E-state index contributed by atoms with van der Waals surface area (Å²) in [6, 6.07) is 1.01. The number of esters is 1. The molecule has 64 valence electrons. The summed E-state index contributed by atoms with van der Waals surface area (Å²) < 4.78 is 8.76. The molecule has 0 bridgehead atoms. The molecule has 1 heterocycles. The van der Waals surface area contributed by atoms with E-state index in [0.29, 0.717) is 0 Å². The monoisotopic (exact) mass is 171 g/mol. The fourth-order valence-electron chi connectivity index (χ4n) is 0.646. The second kappa shape index (κ2) is 3.04. The van der Waals surface area contributed by atoms with Crippen molar-refractivity contribution in [2.75, 3.05) is 7.11 Å². The van der Waals surface area contributed by atoms with Crippen molar-refractivity contribution in [3.63, 3.8) is 0 Å². The number of nitrogens with zero attached hydrogens (tertiary/aromatic N) is 1. The van der Waals surface area contributed by atoms with Crippen LogP contribution >= 0.6 is 0 Å². The van der Waals surface area contributed by atoms with Crippen molar-refractivity contribution in [1.29, 1.82) is 0 Å². The van der Waals surface area contributed by atoms with Crippen LogP contribution in [0.1, 0.15) is 10.4 Å². The third-order valence-electron chi connectivity index (χ3n) is 1.19. The first-order valence-corrected chi connectivity index (χ1v) is 2.96. The Kier molecular flexibility index (Phi) is 2.09. The van der Waals surface area contributed by atoms with E-state index in [1.807, 2.05) is 0 Å². The van der Waals surface area contributed by atoms with Crippen molar-refractivity contribution < 1.29 is 18.9 Å². The van der Waals surface area contributed by atoms with Crippen LogP contribution in [0.3, 0.4) is 0 Å². The molecule has 1 aromatic heterocycles. The molecule has 0 saturated carbocycles. The highest BCUT2D eigenvalue weighted by Crippen LogP contribution is 2.15. The Labute approximate surface area is 66.9 Å². The minimum absolute atomic E-state index is 0.0317. The Morgan fingerprint density at radius 2 is 2.42 bits per heavy atom. The third kappa shape index (κ3) is 1.42. The summed E-state index contributed by atoms with van der Waals surface area (Å²) >= 11 is 0. The zero-order valence-electron chi connectivity index (χ0n) is 6.14. The molecule has 0 aliphatic carbocycles. The molecule has 0 radical (unpaired) electrons. The first kappa shape index (κ1) is 8.25. The summed E-state index contributed by atoms with van der Waals surface area (Å²) in [4.78, 5) is 20.1. The fourth-order valence-corrected chi connectivity index (χ4v) is 0.646. The van der Waals surface area contributed by atoms with Gasteiger partial charge in [0.1, 0.15) is 16.7 Å². The topological polar surface area (TPSA) is 82.6 Å². The molecule has 0 N–H and O–H groups in total. The summed E-state index contributed by atoms with van der Waals surface area (Å²) in [7, 11) is 1.18. The lowest BCUT2D eigenvalue weighted by molar-refractivity contribution is -0.402. The number of methoxy groups -OCH3 is 1. The molecule has 1 aromatic rings. The average Bonchev–Trinajstić information content (AvgIpc) is 2.51. The number of hydrogen-bond donors (Lipinski definition) is 0. The molecule has 0 saturated heterocycles. The summed E-state index contributed by atoms with van der Waals surface area (Å²) in [6.45, 7) is 0. The number of ether oxygens (including phenoxy) is 1.